The molecule has 0 N–H and O–H groups in total. The molecule has 0 aliphatic carbocycles. The van der Waals surface area contributed by atoms with Crippen LogP contribution in [0.2, 0.25) is 5.15 Å². The largest absolute Gasteiger partial charge is 0.262 e. The van der Waals surface area contributed by atoms with E-state index in [1.54, 1.807) is 12.3 Å². The quantitative estimate of drug-likeness (QED) is 0.636. The van der Waals surface area contributed by atoms with Crippen LogP contribution in [0.15, 0.2) is 42.6 Å². The van der Waals surface area contributed by atoms with Crippen molar-refractivity contribution in [3.8, 4) is 0 Å². The summed E-state index contributed by atoms with van der Waals surface area (Å²) >= 11 is 5.53. The normalized spacial score (nSPS) is 9.00. The number of pyridine rings is 2. The van der Waals surface area contributed by atoms with Crippen LogP contribution in [0.4, 0.5) is 0 Å². The summed E-state index contributed by atoms with van der Waals surface area (Å²) in [5.74, 6) is 0. The number of halogens is 1. The number of rotatable bonds is 0. The van der Waals surface area contributed by atoms with Crippen molar-refractivity contribution in [2.24, 2.45) is 0 Å². The molecule has 0 saturated carbocycles. The Balaban J connectivity index is 0.000000151. The Bertz CT molecular complexity index is 384. The minimum atomic E-state index is 0.560. The molecule has 2 aromatic heterocycles. The second-order valence-corrected chi connectivity index (χ2v) is 3.46. The fourth-order valence-corrected chi connectivity index (χ4v) is 1.16. The third-order valence-electron chi connectivity index (χ3n) is 1.67. The van der Waals surface area contributed by atoms with E-state index in [-0.39, 0.29) is 0 Å². The van der Waals surface area contributed by atoms with Gasteiger partial charge in [0, 0.05) is 17.6 Å². The van der Waals surface area contributed by atoms with E-state index >= 15 is 0 Å². The molecule has 2 nitrogen and oxygen atoms in total. The summed E-state index contributed by atoms with van der Waals surface area (Å²) < 4.78 is 0. The van der Waals surface area contributed by atoms with Gasteiger partial charge < -0.3 is 0 Å². The fourth-order valence-electron chi connectivity index (χ4n) is 0.958. The van der Waals surface area contributed by atoms with Crippen LogP contribution in [-0.4, -0.2) is 9.97 Å². The molecular formula is C12H13ClN2. The number of hydrogen-bond acceptors (Lipinski definition) is 2. The molecule has 0 amide bonds. The van der Waals surface area contributed by atoms with Crippen molar-refractivity contribution in [1.82, 2.24) is 9.97 Å². The molecule has 0 aliphatic rings. The second kappa shape index (κ2) is 6.14. The molecule has 0 aliphatic heterocycles. The van der Waals surface area contributed by atoms with Crippen LogP contribution < -0.4 is 0 Å². The first-order chi connectivity index (χ1) is 7.18. The average molecular weight is 221 g/mol. The topological polar surface area (TPSA) is 25.8 Å². The highest BCUT2D eigenvalue weighted by Crippen LogP contribution is 2.02. The first kappa shape index (κ1) is 11.7. The lowest BCUT2D eigenvalue weighted by atomic mass is 10.4. The maximum Gasteiger partial charge on any atom is 0.129 e. The van der Waals surface area contributed by atoms with Gasteiger partial charge in [-0.1, -0.05) is 23.7 Å². The number of aryl methyl sites for hydroxylation is 2. The Morgan fingerprint density at radius 3 is 2.00 bits per heavy atom. The lowest BCUT2D eigenvalue weighted by molar-refractivity contribution is 1.20. The van der Waals surface area contributed by atoms with Gasteiger partial charge in [-0.05, 0) is 38.1 Å². The molecule has 2 rings (SSSR count). The smallest absolute Gasteiger partial charge is 0.129 e. The number of hydrogen-bond donors (Lipinski definition) is 0. The van der Waals surface area contributed by atoms with Crippen LogP contribution in [0.1, 0.15) is 11.4 Å². The third kappa shape index (κ3) is 5.13. The van der Waals surface area contributed by atoms with Gasteiger partial charge in [0.15, 0.2) is 0 Å². The average Bonchev–Trinajstić information content (AvgIpc) is 2.19. The van der Waals surface area contributed by atoms with Gasteiger partial charge in [-0.2, -0.15) is 0 Å². The Kier molecular flexibility index (Phi) is 4.78. The lowest BCUT2D eigenvalue weighted by Gasteiger charge is -1.88. The van der Waals surface area contributed by atoms with E-state index in [1.165, 1.54) is 0 Å². The van der Waals surface area contributed by atoms with Gasteiger partial charge in [-0.25, -0.2) is 4.98 Å². The molecule has 2 aromatic rings. The maximum atomic E-state index is 5.53. The molecule has 0 saturated heterocycles. The zero-order chi connectivity index (χ0) is 11.1. The molecular weight excluding hydrogens is 208 g/mol. The third-order valence-corrected chi connectivity index (χ3v) is 1.88. The summed E-state index contributed by atoms with van der Waals surface area (Å²) in [5, 5.41) is 0.560. The van der Waals surface area contributed by atoms with Crippen LogP contribution in [0.3, 0.4) is 0 Å². The Morgan fingerprint density at radius 2 is 1.67 bits per heavy atom. The highest BCUT2D eigenvalue weighted by Gasteiger charge is 1.84. The van der Waals surface area contributed by atoms with E-state index in [0.29, 0.717) is 5.15 Å². The molecule has 3 heteroatoms. The van der Waals surface area contributed by atoms with Gasteiger partial charge in [0.25, 0.3) is 0 Å². The molecule has 0 atom stereocenters. The highest BCUT2D eigenvalue weighted by atomic mass is 35.5. The Labute approximate surface area is 95.0 Å². The first-order valence-corrected chi connectivity index (χ1v) is 5.03. The minimum Gasteiger partial charge on any atom is -0.262 e. The summed E-state index contributed by atoms with van der Waals surface area (Å²) in [6.07, 6.45) is 1.79. The van der Waals surface area contributed by atoms with Crippen molar-refractivity contribution >= 4 is 11.6 Å². The van der Waals surface area contributed by atoms with E-state index in [0.717, 1.165) is 11.4 Å². The number of nitrogens with zero attached hydrogens (tertiary/aromatic N) is 2. The van der Waals surface area contributed by atoms with Crippen molar-refractivity contribution in [3.63, 3.8) is 0 Å². The summed E-state index contributed by atoms with van der Waals surface area (Å²) in [5.41, 5.74) is 2.03. The Hall–Kier alpha value is -1.41. The maximum absolute atomic E-state index is 5.53. The molecule has 0 fully saturated rings. The van der Waals surface area contributed by atoms with E-state index in [2.05, 4.69) is 9.97 Å². The van der Waals surface area contributed by atoms with Crippen LogP contribution in [0, 0.1) is 13.8 Å². The predicted molar refractivity (Wildman–Crippen MR) is 63.0 cm³/mol. The molecule has 78 valence electrons. The SMILES string of the molecule is Cc1cccc(Cl)n1.Cc1ccccn1. The van der Waals surface area contributed by atoms with Crippen molar-refractivity contribution in [3.05, 3.63) is 59.1 Å². The zero-order valence-electron chi connectivity index (χ0n) is 8.81. The van der Waals surface area contributed by atoms with Crippen LogP contribution in [0.5, 0.6) is 0 Å². The highest BCUT2D eigenvalue weighted by molar-refractivity contribution is 6.29. The van der Waals surface area contributed by atoms with Gasteiger partial charge in [-0.15, -0.1) is 0 Å². The van der Waals surface area contributed by atoms with Gasteiger partial charge >= 0.3 is 0 Å². The molecule has 0 spiro atoms. The molecule has 0 radical (unpaired) electrons. The van der Waals surface area contributed by atoms with Crippen LogP contribution >= 0.6 is 11.6 Å². The lowest BCUT2D eigenvalue weighted by Crippen LogP contribution is -1.76. The van der Waals surface area contributed by atoms with E-state index < -0.39 is 0 Å². The monoisotopic (exact) mass is 220 g/mol. The van der Waals surface area contributed by atoms with Gasteiger partial charge in [-0.3, -0.25) is 4.98 Å². The molecule has 0 aromatic carbocycles. The van der Waals surface area contributed by atoms with E-state index in [1.807, 2.05) is 44.2 Å². The zero-order valence-corrected chi connectivity index (χ0v) is 9.57. The van der Waals surface area contributed by atoms with Crippen LogP contribution in [0.25, 0.3) is 0 Å². The Morgan fingerprint density at radius 1 is 0.933 bits per heavy atom. The van der Waals surface area contributed by atoms with E-state index in [4.69, 9.17) is 11.6 Å². The van der Waals surface area contributed by atoms with Crippen molar-refractivity contribution < 1.29 is 0 Å². The first-order valence-electron chi connectivity index (χ1n) is 4.65. The molecule has 2 heterocycles. The summed E-state index contributed by atoms with van der Waals surface area (Å²) in [6.45, 7) is 3.88. The number of aromatic nitrogens is 2. The van der Waals surface area contributed by atoms with Crippen LogP contribution in [-0.2, 0) is 0 Å². The van der Waals surface area contributed by atoms with Crippen molar-refractivity contribution in [1.29, 1.82) is 0 Å². The van der Waals surface area contributed by atoms with Gasteiger partial charge in [0.1, 0.15) is 5.15 Å². The van der Waals surface area contributed by atoms with Gasteiger partial charge in [0.2, 0.25) is 0 Å². The van der Waals surface area contributed by atoms with Crippen molar-refractivity contribution in [2.75, 3.05) is 0 Å². The molecule has 0 bridgehead atoms. The second-order valence-electron chi connectivity index (χ2n) is 3.07. The summed E-state index contributed by atoms with van der Waals surface area (Å²) in [4.78, 5) is 7.92. The van der Waals surface area contributed by atoms with Gasteiger partial charge in [0.05, 0.1) is 0 Å². The van der Waals surface area contributed by atoms with Crippen molar-refractivity contribution in [2.45, 2.75) is 13.8 Å². The molecule has 15 heavy (non-hydrogen) atoms. The fraction of sp³-hybridized carbons (Fsp3) is 0.167. The standard InChI is InChI=1S/C6H6ClN.C6H7N/c1-5-3-2-4-6(7)8-5;1-6-4-2-3-5-7-6/h2-4H,1H3;2-5H,1H3. The van der Waals surface area contributed by atoms with E-state index in [9.17, 15) is 0 Å². The minimum absolute atomic E-state index is 0.560. The summed E-state index contributed by atoms with van der Waals surface area (Å²) in [7, 11) is 0. The molecule has 0 unspecified atom stereocenters. The summed E-state index contributed by atoms with van der Waals surface area (Å²) in [6, 6.07) is 11.4. The predicted octanol–water partition coefficient (Wildman–Crippen LogP) is 3.43.